The maximum Gasteiger partial charge on any atom is 0.381 e. The zero-order chi connectivity index (χ0) is 10.1. The normalized spacial score (nSPS) is 11.7. The lowest BCUT2D eigenvalue weighted by molar-refractivity contribution is 0.0840. The van der Waals surface area contributed by atoms with E-state index in [9.17, 15) is 8.78 Å². The second-order valence-electron chi connectivity index (χ2n) is 2.09. The molecule has 72 valence electrons. The topological polar surface area (TPSA) is 64.7 Å². The smallest absolute Gasteiger partial charge is 0.368 e. The summed E-state index contributed by atoms with van der Waals surface area (Å²) in [6.45, 7) is 0. The number of thiol groups is 1. The van der Waals surface area contributed by atoms with Crippen molar-refractivity contribution in [1.82, 2.24) is 15.0 Å². The first-order valence-corrected chi connectivity index (χ1v) is 4.13. The van der Waals surface area contributed by atoms with E-state index in [1.807, 2.05) is 0 Å². The van der Waals surface area contributed by atoms with Crippen LogP contribution in [0.2, 0.25) is 0 Å². The van der Waals surface area contributed by atoms with Gasteiger partial charge in [-0.15, -0.1) is 0 Å². The van der Waals surface area contributed by atoms with E-state index in [-0.39, 0.29) is 17.5 Å². The van der Waals surface area contributed by atoms with Crippen LogP contribution in [0.15, 0.2) is 0 Å². The van der Waals surface area contributed by atoms with E-state index in [0.29, 0.717) is 0 Å². The molecule has 13 heavy (non-hydrogen) atoms. The van der Waals surface area contributed by atoms with Crippen molar-refractivity contribution in [2.24, 2.45) is 0 Å². The van der Waals surface area contributed by atoms with Gasteiger partial charge >= 0.3 is 5.38 Å². The minimum atomic E-state index is -3.63. The van der Waals surface area contributed by atoms with Gasteiger partial charge in [0.1, 0.15) is 5.82 Å². The quantitative estimate of drug-likeness (QED) is 0.587. The first-order valence-electron chi connectivity index (χ1n) is 3.12. The molecule has 0 saturated carbocycles. The Hall–Kier alpha value is -0.690. The first kappa shape index (κ1) is 10.4. The highest BCUT2D eigenvalue weighted by molar-refractivity contribution is 7.79. The van der Waals surface area contributed by atoms with E-state index >= 15 is 0 Å². The van der Waals surface area contributed by atoms with Gasteiger partial charge in [0, 0.05) is 0 Å². The molecule has 1 aromatic rings. The molecule has 0 aliphatic heterocycles. The van der Waals surface area contributed by atoms with Gasteiger partial charge in [-0.25, -0.2) is 4.98 Å². The van der Waals surface area contributed by atoms with E-state index in [1.54, 1.807) is 0 Å². The Labute approximate surface area is 82.9 Å². The van der Waals surface area contributed by atoms with Crippen LogP contribution in [0, 0.1) is 0 Å². The van der Waals surface area contributed by atoms with Gasteiger partial charge in [0.25, 0.3) is 0 Å². The highest BCUT2D eigenvalue weighted by Crippen LogP contribution is 2.29. The zero-order valence-electron chi connectivity index (χ0n) is 6.21. The minimum absolute atomic E-state index is 0.0613. The fraction of sp³-hybridized carbons (Fsp3) is 0.400. The number of nitrogen functional groups attached to an aromatic ring is 1. The van der Waals surface area contributed by atoms with Crippen molar-refractivity contribution in [2.75, 3.05) is 5.73 Å². The molecule has 0 saturated heterocycles. The lowest BCUT2D eigenvalue weighted by Gasteiger charge is -2.06. The van der Waals surface area contributed by atoms with Crippen LogP contribution in [0.5, 0.6) is 0 Å². The molecule has 0 unspecified atom stereocenters. The predicted molar refractivity (Wildman–Crippen MR) is 46.7 cm³/mol. The number of aromatic nitrogens is 3. The first-order chi connectivity index (χ1) is 5.93. The molecule has 0 aromatic carbocycles. The number of nitrogens with two attached hydrogens (primary N) is 1. The Bertz CT molecular complexity index is 316. The van der Waals surface area contributed by atoms with Gasteiger partial charge in [-0.05, 0) is 11.6 Å². The predicted octanol–water partition coefficient (Wildman–Crippen LogP) is 1.17. The van der Waals surface area contributed by atoms with Gasteiger partial charge in [-0.1, -0.05) is 0 Å². The van der Waals surface area contributed by atoms with Gasteiger partial charge in [0.05, 0.1) is 5.75 Å². The zero-order valence-corrected chi connectivity index (χ0v) is 7.86. The summed E-state index contributed by atoms with van der Waals surface area (Å²) in [4.78, 5) is 10.1. The Balaban J connectivity index is 3.16. The average Bonchev–Trinajstić information content (AvgIpc) is 2.01. The lowest BCUT2D eigenvalue weighted by atomic mass is 10.6. The summed E-state index contributed by atoms with van der Waals surface area (Å²) in [6, 6.07) is 0. The third-order valence-electron chi connectivity index (χ3n) is 1.09. The van der Waals surface area contributed by atoms with Crippen molar-refractivity contribution in [1.29, 1.82) is 0 Å². The summed E-state index contributed by atoms with van der Waals surface area (Å²) in [5.41, 5.74) is 5.14. The van der Waals surface area contributed by atoms with Crippen molar-refractivity contribution in [3.05, 3.63) is 11.6 Å². The molecule has 1 rings (SSSR count). The summed E-state index contributed by atoms with van der Waals surface area (Å²) in [5, 5.41) is -3.63. The van der Waals surface area contributed by atoms with Gasteiger partial charge in [-0.3, -0.25) is 0 Å². The molecule has 0 bridgehead atoms. The summed E-state index contributed by atoms with van der Waals surface area (Å²) >= 11 is 8.50. The molecule has 0 aliphatic rings. The molecule has 8 heteroatoms. The summed E-state index contributed by atoms with van der Waals surface area (Å²) in [6.07, 6.45) is 0. The third kappa shape index (κ3) is 2.63. The monoisotopic (exact) mass is 226 g/mol. The van der Waals surface area contributed by atoms with Crippen molar-refractivity contribution >= 4 is 30.2 Å². The molecular weight excluding hydrogens is 222 g/mol. The molecule has 1 heterocycles. The fourth-order valence-electron chi connectivity index (χ4n) is 0.635. The minimum Gasteiger partial charge on any atom is -0.368 e. The Morgan fingerprint density at radius 3 is 2.46 bits per heavy atom. The van der Waals surface area contributed by atoms with Gasteiger partial charge in [0.2, 0.25) is 11.8 Å². The fourth-order valence-corrected chi connectivity index (χ4v) is 0.861. The number of hydrogen-bond acceptors (Lipinski definition) is 5. The molecule has 4 nitrogen and oxygen atoms in total. The highest BCUT2D eigenvalue weighted by atomic mass is 35.5. The maximum atomic E-state index is 12.5. The second-order valence-corrected chi connectivity index (χ2v) is 2.88. The van der Waals surface area contributed by atoms with Crippen LogP contribution in [0.25, 0.3) is 0 Å². The Morgan fingerprint density at radius 2 is 2.00 bits per heavy atom. The van der Waals surface area contributed by atoms with E-state index in [0.717, 1.165) is 0 Å². The largest absolute Gasteiger partial charge is 0.381 e. The number of hydrogen-bond donors (Lipinski definition) is 2. The molecular formula is C5H5ClF2N4S. The number of nitrogens with zero attached hydrogens (tertiary/aromatic N) is 3. The number of anilines is 1. The van der Waals surface area contributed by atoms with Crippen molar-refractivity contribution in [2.45, 2.75) is 11.1 Å². The number of halogens is 3. The van der Waals surface area contributed by atoms with Crippen LogP contribution in [0.3, 0.4) is 0 Å². The lowest BCUT2D eigenvalue weighted by Crippen LogP contribution is -2.14. The number of alkyl halides is 3. The van der Waals surface area contributed by atoms with E-state index < -0.39 is 11.2 Å². The molecule has 1 aromatic heterocycles. The van der Waals surface area contributed by atoms with E-state index in [1.165, 1.54) is 0 Å². The maximum absolute atomic E-state index is 12.5. The van der Waals surface area contributed by atoms with Gasteiger partial charge in [-0.2, -0.15) is 31.4 Å². The molecule has 0 spiro atoms. The molecule has 0 atom stereocenters. The standard InChI is InChI=1S/C5H5ClF2N4S/c6-5(7,8)3-10-2(1-13)11-4(9)12-3/h13H,1H2,(H2,9,10,11,12). The van der Waals surface area contributed by atoms with Crippen LogP contribution < -0.4 is 5.73 Å². The third-order valence-corrected chi connectivity index (χ3v) is 1.55. The van der Waals surface area contributed by atoms with Crippen molar-refractivity contribution < 1.29 is 8.78 Å². The summed E-state index contributed by atoms with van der Waals surface area (Å²) in [7, 11) is 0. The highest BCUT2D eigenvalue weighted by Gasteiger charge is 2.32. The van der Waals surface area contributed by atoms with Crippen LogP contribution in [-0.4, -0.2) is 15.0 Å². The molecule has 0 amide bonds. The summed E-state index contributed by atoms with van der Waals surface area (Å²) < 4.78 is 25.0. The van der Waals surface area contributed by atoms with Crippen LogP contribution >= 0.6 is 24.2 Å². The van der Waals surface area contributed by atoms with Crippen molar-refractivity contribution in [3.8, 4) is 0 Å². The average molecular weight is 227 g/mol. The Morgan fingerprint density at radius 1 is 1.38 bits per heavy atom. The van der Waals surface area contributed by atoms with Crippen LogP contribution in [0.4, 0.5) is 14.7 Å². The SMILES string of the molecule is Nc1nc(CS)nc(C(F)(F)Cl)n1. The van der Waals surface area contributed by atoms with Gasteiger partial charge in [0.15, 0.2) is 0 Å². The van der Waals surface area contributed by atoms with Crippen LogP contribution in [-0.2, 0) is 11.1 Å². The molecule has 0 radical (unpaired) electrons. The van der Waals surface area contributed by atoms with E-state index in [2.05, 4.69) is 27.6 Å². The molecule has 0 fully saturated rings. The number of rotatable bonds is 2. The van der Waals surface area contributed by atoms with Gasteiger partial charge < -0.3 is 5.73 Å². The van der Waals surface area contributed by atoms with Crippen molar-refractivity contribution in [3.63, 3.8) is 0 Å². The Kier molecular flexibility index (Phi) is 2.87. The summed E-state index contributed by atoms with van der Waals surface area (Å²) in [5.74, 6) is -1.00. The van der Waals surface area contributed by atoms with E-state index in [4.69, 9.17) is 17.3 Å². The van der Waals surface area contributed by atoms with Crippen LogP contribution in [0.1, 0.15) is 11.6 Å². The second kappa shape index (κ2) is 3.59. The molecule has 0 aliphatic carbocycles. The molecule has 2 N–H and O–H groups in total.